The molecule has 0 radical (unpaired) electrons. The van der Waals surface area contributed by atoms with E-state index in [1.54, 1.807) is 6.20 Å². The van der Waals surface area contributed by atoms with E-state index >= 15 is 0 Å². The van der Waals surface area contributed by atoms with Gasteiger partial charge in [0.2, 0.25) is 11.8 Å². The first-order valence-corrected chi connectivity index (χ1v) is 10.2. The molecule has 1 aromatic rings. The quantitative estimate of drug-likeness (QED) is 0.794. The summed E-state index contributed by atoms with van der Waals surface area (Å²) in [5.41, 5.74) is -0.0775. The molecule has 3 fully saturated rings. The number of likely N-dealkylation sites (N-methyl/N-ethyl adjacent to an activating group) is 1. The molecule has 4 rings (SSSR count). The van der Waals surface area contributed by atoms with Gasteiger partial charge in [-0.05, 0) is 45.6 Å². The maximum Gasteiger partial charge on any atom is 0.242 e. The first kappa shape index (κ1) is 18.5. The third kappa shape index (κ3) is 3.88. The maximum absolute atomic E-state index is 12.9. The smallest absolute Gasteiger partial charge is 0.242 e. The Morgan fingerprint density at radius 1 is 1.26 bits per heavy atom. The molecule has 1 atom stereocenters. The van der Waals surface area contributed by atoms with E-state index in [1.807, 2.05) is 22.6 Å². The third-order valence-corrected chi connectivity index (χ3v) is 6.76. The number of amides is 2. The van der Waals surface area contributed by atoms with Crippen molar-refractivity contribution in [3.05, 3.63) is 18.2 Å². The van der Waals surface area contributed by atoms with E-state index < -0.39 is 0 Å². The molecule has 148 valence electrons. The fourth-order valence-corrected chi connectivity index (χ4v) is 4.53. The second kappa shape index (κ2) is 7.26. The molecule has 2 saturated heterocycles. The summed E-state index contributed by atoms with van der Waals surface area (Å²) in [6.07, 6.45) is 8.53. The molecule has 3 heterocycles. The van der Waals surface area contributed by atoms with Gasteiger partial charge in [0, 0.05) is 57.1 Å². The zero-order valence-electron chi connectivity index (χ0n) is 16.6. The number of hydrogen-bond donors (Lipinski definition) is 0. The normalized spacial score (nSPS) is 27.3. The summed E-state index contributed by atoms with van der Waals surface area (Å²) < 4.78 is 1.90. The van der Waals surface area contributed by atoms with E-state index in [-0.39, 0.29) is 11.4 Å². The van der Waals surface area contributed by atoms with Crippen molar-refractivity contribution >= 4 is 11.8 Å². The van der Waals surface area contributed by atoms with Crippen molar-refractivity contribution in [3.63, 3.8) is 0 Å². The van der Waals surface area contributed by atoms with Crippen molar-refractivity contribution in [3.8, 4) is 0 Å². The number of carbonyl (C=O) groups excluding carboxylic acids is 2. The molecule has 0 N–H and O–H groups in total. The first-order chi connectivity index (χ1) is 13.0. The fraction of sp³-hybridized carbons (Fsp3) is 0.750. The monoisotopic (exact) mass is 373 g/mol. The molecule has 0 aromatic carbocycles. The van der Waals surface area contributed by atoms with Crippen molar-refractivity contribution in [2.75, 3.05) is 39.8 Å². The van der Waals surface area contributed by atoms with Crippen molar-refractivity contribution in [2.45, 2.75) is 51.1 Å². The molecular weight excluding hydrogens is 342 g/mol. The lowest BCUT2D eigenvalue weighted by Crippen LogP contribution is -2.62. The highest BCUT2D eigenvalue weighted by Crippen LogP contribution is 2.35. The van der Waals surface area contributed by atoms with Crippen LogP contribution in [0.3, 0.4) is 0 Å². The Bertz CT molecular complexity index is 713. The van der Waals surface area contributed by atoms with Crippen LogP contribution >= 0.6 is 0 Å². The highest BCUT2D eigenvalue weighted by atomic mass is 16.2. The Hall–Kier alpha value is -1.89. The van der Waals surface area contributed by atoms with E-state index in [1.165, 1.54) is 12.8 Å². The molecule has 2 aliphatic heterocycles. The lowest BCUT2D eigenvalue weighted by atomic mass is 9.86. The van der Waals surface area contributed by atoms with E-state index in [0.717, 1.165) is 57.3 Å². The largest absolute Gasteiger partial charge is 0.342 e. The number of aromatic nitrogens is 2. The van der Waals surface area contributed by atoms with Crippen LogP contribution in [-0.2, 0) is 16.1 Å². The lowest BCUT2D eigenvalue weighted by molar-refractivity contribution is -0.137. The predicted octanol–water partition coefficient (Wildman–Crippen LogP) is 1.13. The van der Waals surface area contributed by atoms with E-state index in [2.05, 4.69) is 21.8 Å². The number of likely N-dealkylation sites (tertiary alicyclic amines) is 1. The standard InChI is InChI=1S/C20H31N5O2/c1-16-21-8-10-23(16)14-19(27)25-12-11-22(2)20(15-25)6-5-18(26)24(9-7-20)13-17-3-4-17/h8,10,17H,3-7,9,11-15H2,1-2H3/t20-/m1/s1. The van der Waals surface area contributed by atoms with Gasteiger partial charge >= 0.3 is 0 Å². The van der Waals surface area contributed by atoms with Crippen LogP contribution in [0.2, 0.25) is 0 Å². The Morgan fingerprint density at radius 3 is 2.78 bits per heavy atom. The minimum absolute atomic E-state index is 0.0775. The molecule has 1 aromatic heterocycles. The molecule has 27 heavy (non-hydrogen) atoms. The molecule has 2 amide bonds. The van der Waals surface area contributed by atoms with Crippen LogP contribution in [0, 0.1) is 12.8 Å². The molecular formula is C20H31N5O2. The average molecular weight is 374 g/mol. The van der Waals surface area contributed by atoms with Gasteiger partial charge in [0.1, 0.15) is 12.4 Å². The minimum Gasteiger partial charge on any atom is -0.342 e. The Kier molecular flexibility index (Phi) is 4.97. The fourth-order valence-electron chi connectivity index (χ4n) is 4.53. The van der Waals surface area contributed by atoms with Crippen molar-refractivity contribution < 1.29 is 9.59 Å². The number of carbonyl (C=O) groups is 2. The van der Waals surface area contributed by atoms with Crippen LogP contribution in [0.5, 0.6) is 0 Å². The highest BCUT2D eigenvalue weighted by molar-refractivity contribution is 5.77. The van der Waals surface area contributed by atoms with Gasteiger partial charge < -0.3 is 14.4 Å². The summed E-state index contributed by atoms with van der Waals surface area (Å²) in [6, 6.07) is 0. The Labute approximate surface area is 161 Å². The summed E-state index contributed by atoms with van der Waals surface area (Å²) in [4.78, 5) is 36.2. The topological polar surface area (TPSA) is 61.7 Å². The lowest BCUT2D eigenvalue weighted by Gasteiger charge is -2.49. The molecule has 0 unspecified atom stereocenters. The van der Waals surface area contributed by atoms with Gasteiger partial charge in [0.15, 0.2) is 0 Å². The maximum atomic E-state index is 12.9. The van der Waals surface area contributed by atoms with Crippen LogP contribution in [-0.4, -0.2) is 81.4 Å². The molecule has 0 bridgehead atoms. The van der Waals surface area contributed by atoms with Crippen LogP contribution in [0.4, 0.5) is 0 Å². The summed E-state index contributed by atoms with van der Waals surface area (Å²) in [6.45, 7) is 6.36. The van der Waals surface area contributed by atoms with E-state index in [9.17, 15) is 9.59 Å². The molecule has 1 aliphatic carbocycles. The third-order valence-electron chi connectivity index (χ3n) is 6.76. The van der Waals surface area contributed by atoms with E-state index in [4.69, 9.17) is 0 Å². The molecule has 7 nitrogen and oxygen atoms in total. The summed E-state index contributed by atoms with van der Waals surface area (Å²) in [5, 5.41) is 0. The van der Waals surface area contributed by atoms with Crippen molar-refractivity contribution in [1.82, 2.24) is 24.3 Å². The zero-order chi connectivity index (χ0) is 19.0. The van der Waals surface area contributed by atoms with Crippen molar-refractivity contribution in [1.29, 1.82) is 0 Å². The van der Waals surface area contributed by atoms with Crippen LogP contribution in [0.1, 0.15) is 37.9 Å². The van der Waals surface area contributed by atoms with Gasteiger partial charge in [0.25, 0.3) is 0 Å². The molecule has 1 spiro atoms. The van der Waals surface area contributed by atoms with Gasteiger partial charge in [-0.15, -0.1) is 0 Å². The van der Waals surface area contributed by atoms with E-state index in [0.29, 0.717) is 18.9 Å². The Balaban J connectivity index is 1.44. The van der Waals surface area contributed by atoms with Gasteiger partial charge in [-0.3, -0.25) is 14.5 Å². The van der Waals surface area contributed by atoms with Gasteiger partial charge in [-0.2, -0.15) is 0 Å². The average Bonchev–Trinajstić information content (AvgIpc) is 3.41. The summed E-state index contributed by atoms with van der Waals surface area (Å²) in [7, 11) is 2.16. The molecule has 1 saturated carbocycles. The van der Waals surface area contributed by atoms with Gasteiger partial charge in [0.05, 0.1) is 0 Å². The Morgan fingerprint density at radius 2 is 2.07 bits per heavy atom. The first-order valence-electron chi connectivity index (χ1n) is 10.2. The summed E-state index contributed by atoms with van der Waals surface area (Å²) in [5.74, 6) is 2.03. The van der Waals surface area contributed by atoms with Gasteiger partial charge in [-0.25, -0.2) is 4.98 Å². The summed E-state index contributed by atoms with van der Waals surface area (Å²) >= 11 is 0. The van der Waals surface area contributed by atoms with Crippen LogP contribution in [0.25, 0.3) is 0 Å². The second-order valence-corrected chi connectivity index (χ2v) is 8.60. The molecule has 3 aliphatic rings. The number of rotatable bonds is 4. The SMILES string of the molecule is Cc1nccn1CC(=O)N1CCN(C)[C@@]2(CCC(=O)N(CC3CC3)CC2)C1. The number of imidazole rings is 1. The van der Waals surface area contributed by atoms with Crippen LogP contribution < -0.4 is 0 Å². The number of piperazine rings is 1. The van der Waals surface area contributed by atoms with Crippen molar-refractivity contribution in [2.24, 2.45) is 5.92 Å². The zero-order valence-corrected chi connectivity index (χ0v) is 16.6. The predicted molar refractivity (Wildman–Crippen MR) is 102 cm³/mol. The number of hydrogen-bond acceptors (Lipinski definition) is 4. The number of nitrogens with zero attached hydrogens (tertiary/aromatic N) is 5. The highest BCUT2D eigenvalue weighted by Gasteiger charge is 2.43. The number of aryl methyl sites for hydroxylation is 1. The second-order valence-electron chi connectivity index (χ2n) is 8.60. The van der Waals surface area contributed by atoms with Gasteiger partial charge in [-0.1, -0.05) is 0 Å². The minimum atomic E-state index is -0.0775. The van der Waals surface area contributed by atoms with Crippen LogP contribution in [0.15, 0.2) is 12.4 Å². The molecule has 7 heteroatoms.